The molecule has 0 aromatic heterocycles. The summed E-state index contributed by atoms with van der Waals surface area (Å²) < 4.78 is 0. The van der Waals surface area contributed by atoms with E-state index in [1.165, 1.54) is 38.5 Å². The molecule has 0 aliphatic heterocycles. The van der Waals surface area contributed by atoms with Crippen molar-refractivity contribution in [3.63, 3.8) is 0 Å². The van der Waals surface area contributed by atoms with Crippen molar-refractivity contribution in [1.29, 1.82) is 0 Å². The Morgan fingerprint density at radius 2 is 1.71 bits per heavy atom. The molecule has 1 atom stereocenters. The average Bonchev–Trinajstić information content (AvgIpc) is 2.42. The van der Waals surface area contributed by atoms with Crippen molar-refractivity contribution in [2.45, 2.75) is 64.5 Å². The highest BCUT2D eigenvalue weighted by molar-refractivity contribution is 4.77. The number of nitrogens with two attached hydrogens (primary N) is 1. The SMILES string of the molecule is CC(C)NCC(N)C1CCCCCC1. The Morgan fingerprint density at radius 1 is 1.14 bits per heavy atom. The lowest BCUT2D eigenvalue weighted by Crippen LogP contribution is -2.42. The molecule has 0 heterocycles. The van der Waals surface area contributed by atoms with Crippen LogP contribution in [-0.4, -0.2) is 18.6 Å². The molecule has 1 saturated carbocycles. The minimum Gasteiger partial charge on any atom is -0.326 e. The maximum atomic E-state index is 6.20. The van der Waals surface area contributed by atoms with Gasteiger partial charge in [0.25, 0.3) is 0 Å². The summed E-state index contributed by atoms with van der Waals surface area (Å²) >= 11 is 0. The molecule has 0 aromatic rings. The van der Waals surface area contributed by atoms with E-state index in [9.17, 15) is 0 Å². The van der Waals surface area contributed by atoms with Crippen LogP contribution in [0.3, 0.4) is 0 Å². The van der Waals surface area contributed by atoms with Crippen molar-refractivity contribution in [3.05, 3.63) is 0 Å². The summed E-state index contributed by atoms with van der Waals surface area (Å²) in [4.78, 5) is 0. The minimum atomic E-state index is 0.371. The first-order valence-corrected chi connectivity index (χ1v) is 6.19. The van der Waals surface area contributed by atoms with Gasteiger partial charge in [0, 0.05) is 18.6 Å². The molecule has 0 bridgehead atoms. The van der Waals surface area contributed by atoms with Crippen LogP contribution in [0.2, 0.25) is 0 Å². The quantitative estimate of drug-likeness (QED) is 0.680. The third-order valence-electron chi connectivity index (χ3n) is 3.27. The van der Waals surface area contributed by atoms with E-state index in [-0.39, 0.29) is 0 Å². The van der Waals surface area contributed by atoms with Gasteiger partial charge in [0.05, 0.1) is 0 Å². The van der Waals surface area contributed by atoms with E-state index in [0.29, 0.717) is 12.1 Å². The lowest BCUT2D eigenvalue weighted by molar-refractivity contribution is 0.353. The molecule has 1 aliphatic rings. The lowest BCUT2D eigenvalue weighted by Gasteiger charge is -2.23. The highest BCUT2D eigenvalue weighted by Gasteiger charge is 2.19. The molecule has 1 aliphatic carbocycles. The number of nitrogens with one attached hydrogen (secondary N) is 1. The Hall–Kier alpha value is -0.0800. The van der Waals surface area contributed by atoms with Crippen LogP contribution < -0.4 is 11.1 Å². The van der Waals surface area contributed by atoms with Gasteiger partial charge in [-0.25, -0.2) is 0 Å². The van der Waals surface area contributed by atoms with Crippen LogP contribution in [0.5, 0.6) is 0 Å². The molecule has 2 heteroatoms. The van der Waals surface area contributed by atoms with Gasteiger partial charge in [-0.05, 0) is 18.8 Å². The fourth-order valence-corrected chi connectivity index (χ4v) is 2.28. The molecule has 0 aromatic carbocycles. The van der Waals surface area contributed by atoms with Crippen LogP contribution in [0.4, 0.5) is 0 Å². The Morgan fingerprint density at radius 3 is 2.21 bits per heavy atom. The van der Waals surface area contributed by atoms with Gasteiger partial charge in [0.2, 0.25) is 0 Å². The molecule has 14 heavy (non-hydrogen) atoms. The van der Waals surface area contributed by atoms with Crippen molar-refractivity contribution in [1.82, 2.24) is 5.32 Å². The van der Waals surface area contributed by atoms with Gasteiger partial charge in [-0.15, -0.1) is 0 Å². The van der Waals surface area contributed by atoms with E-state index < -0.39 is 0 Å². The van der Waals surface area contributed by atoms with Crippen molar-refractivity contribution < 1.29 is 0 Å². The van der Waals surface area contributed by atoms with E-state index >= 15 is 0 Å². The van der Waals surface area contributed by atoms with Crippen LogP contribution in [0, 0.1) is 5.92 Å². The molecule has 2 nitrogen and oxygen atoms in total. The number of hydrogen-bond donors (Lipinski definition) is 2. The standard InChI is InChI=1S/C12H26N2/c1-10(2)14-9-12(13)11-7-5-3-4-6-8-11/h10-12,14H,3-9,13H2,1-2H3. The van der Waals surface area contributed by atoms with Crippen molar-refractivity contribution in [3.8, 4) is 0 Å². The summed E-state index contributed by atoms with van der Waals surface area (Å²) in [5.74, 6) is 0.767. The van der Waals surface area contributed by atoms with Crippen LogP contribution in [0.25, 0.3) is 0 Å². The summed E-state index contributed by atoms with van der Waals surface area (Å²) in [5.41, 5.74) is 6.20. The van der Waals surface area contributed by atoms with Gasteiger partial charge < -0.3 is 11.1 Å². The fourth-order valence-electron chi connectivity index (χ4n) is 2.28. The Kier molecular flexibility index (Phi) is 5.49. The third kappa shape index (κ3) is 4.43. The van der Waals surface area contributed by atoms with Crippen molar-refractivity contribution in [2.24, 2.45) is 11.7 Å². The van der Waals surface area contributed by atoms with Crippen LogP contribution in [-0.2, 0) is 0 Å². The fraction of sp³-hybridized carbons (Fsp3) is 1.00. The highest BCUT2D eigenvalue weighted by atomic mass is 14.9. The average molecular weight is 198 g/mol. The van der Waals surface area contributed by atoms with Crippen LogP contribution >= 0.6 is 0 Å². The molecule has 0 spiro atoms. The maximum absolute atomic E-state index is 6.20. The van der Waals surface area contributed by atoms with E-state index in [1.54, 1.807) is 0 Å². The normalized spacial score (nSPS) is 22.3. The maximum Gasteiger partial charge on any atom is 0.0194 e. The minimum absolute atomic E-state index is 0.371. The Balaban J connectivity index is 2.23. The molecule has 0 amide bonds. The summed E-state index contributed by atoms with van der Waals surface area (Å²) in [5, 5.41) is 3.44. The monoisotopic (exact) mass is 198 g/mol. The topological polar surface area (TPSA) is 38.0 Å². The molecule has 1 rings (SSSR count). The van der Waals surface area contributed by atoms with Gasteiger partial charge in [-0.1, -0.05) is 39.5 Å². The zero-order chi connectivity index (χ0) is 10.4. The number of rotatable bonds is 4. The first kappa shape index (κ1) is 12.0. The Labute approximate surface area is 88.6 Å². The van der Waals surface area contributed by atoms with Crippen molar-refractivity contribution in [2.75, 3.05) is 6.54 Å². The first-order chi connectivity index (χ1) is 6.70. The molecular formula is C12H26N2. The second-order valence-corrected chi connectivity index (χ2v) is 4.98. The molecule has 84 valence electrons. The summed E-state index contributed by atoms with van der Waals surface area (Å²) in [6, 6.07) is 0.933. The second-order valence-electron chi connectivity index (χ2n) is 4.98. The van der Waals surface area contributed by atoms with E-state index in [4.69, 9.17) is 5.73 Å². The molecule has 0 saturated heterocycles. The summed E-state index contributed by atoms with van der Waals surface area (Å²) in [6.07, 6.45) is 8.31. The predicted octanol–water partition coefficient (Wildman–Crippen LogP) is 2.28. The molecule has 0 radical (unpaired) electrons. The van der Waals surface area contributed by atoms with Gasteiger partial charge in [-0.3, -0.25) is 0 Å². The van der Waals surface area contributed by atoms with E-state index in [0.717, 1.165) is 12.5 Å². The molecular weight excluding hydrogens is 172 g/mol. The largest absolute Gasteiger partial charge is 0.326 e. The number of hydrogen-bond acceptors (Lipinski definition) is 2. The second kappa shape index (κ2) is 6.41. The van der Waals surface area contributed by atoms with E-state index in [1.807, 2.05) is 0 Å². The molecule has 3 N–H and O–H groups in total. The van der Waals surface area contributed by atoms with Gasteiger partial charge >= 0.3 is 0 Å². The lowest BCUT2D eigenvalue weighted by atomic mass is 9.92. The zero-order valence-corrected chi connectivity index (χ0v) is 9.76. The predicted molar refractivity (Wildman–Crippen MR) is 62.3 cm³/mol. The smallest absolute Gasteiger partial charge is 0.0194 e. The Bertz CT molecular complexity index is 137. The van der Waals surface area contributed by atoms with Gasteiger partial charge in [-0.2, -0.15) is 0 Å². The van der Waals surface area contributed by atoms with Crippen molar-refractivity contribution >= 4 is 0 Å². The third-order valence-corrected chi connectivity index (χ3v) is 3.27. The van der Waals surface area contributed by atoms with Gasteiger partial charge in [0.15, 0.2) is 0 Å². The summed E-state index contributed by atoms with van der Waals surface area (Å²) in [6.45, 7) is 5.35. The first-order valence-electron chi connectivity index (χ1n) is 6.19. The zero-order valence-electron chi connectivity index (χ0n) is 9.76. The summed E-state index contributed by atoms with van der Waals surface area (Å²) in [7, 11) is 0. The molecule has 1 fully saturated rings. The van der Waals surface area contributed by atoms with Gasteiger partial charge in [0.1, 0.15) is 0 Å². The van der Waals surface area contributed by atoms with Crippen LogP contribution in [0.15, 0.2) is 0 Å². The van der Waals surface area contributed by atoms with Crippen LogP contribution in [0.1, 0.15) is 52.4 Å². The highest BCUT2D eigenvalue weighted by Crippen LogP contribution is 2.24. The molecule has 1 unspecified atom stereocenters. The van der Waals surface area contributed by atoms with E-state index in [2.05, 4.69) is 19.2 Å².